The maximum absolute atomic E-state index is 9.69. The molecule has 16 heavy (non-hydrogen) atoms. The monoisotopic (exact) mass is 217 g/mol. The van der Waals surface area contributed by atoms with Crippen molar-refractivity contribution in [1.29, 1.82) is 5.26 Å². The smallest absolute Gasteiger partial charge is 0.0912 e. The fraction of sp³-hybridized carbons (Fsp3) is 0.500. The molecule has 2 atom stereocenters. The molecule has 0 fully saturated rings. The number of allylic oxidation sites excluding steroid dienone is 5. The van der Waals surface area contributed by atoms with E-state index < -0.39 is 0 Å². The van der Waals surface area contributed by atoms with E-state index in [1.165, 1.54) is 11.6 Å². The van der Waals surface area contributed by atoms with E-state index in [4.69, 9.17) is 5.26 Å². The van der Waals surface area contributed by atoms with Crippen molar-refractivity contribution in [2.75, 3.05) is 0 Å². The van der Waals surface area contributed by atoms with E-state index in [2.05, 4.69) is 19.9 Å². The van der Waals surface area contributed by atoms with Gasteiger partial charge in [-0.1, -0.05) is 43.7 Å². The lowest BCUT2D eigenvalue weighted by molar-refractivity contribution is 0.117. The Kier molecular flexibility index (Phi) is 4.09. The lowest BCUT2D eigenvalue weighted by Gasteiger charge is -2.38. The van der Waals surface area contributed by atoms with Crippen molar-refractivity contribution in [1.82, 2.24) is 0 Å². The zero-order valence-electron chi connectivity index (χ0n) is 10.1. The summed E-state index contributed by atoms with van der Waals surface area (Å²) < 4.78 is 0. The van der Waals surface area contributed by atoms with Crippen LogP contribution in [0.4, 0.5) is 0 Å². The molecule has 86 valence electrons. The predicted molar refractivity (Wildman–Crippen MR) is 65.5 cm³/mol. The third-order valence-electron chi connectivity index (χ3n) is 3.11. The molecule has 1 N–H and O–H groups in total. The first kappa shape index (κ1) is 12.7. The quantitative estimate of drug-likeness (QED) is 0.439. The van der Waals surface area contributed by atoms with Gasteiger partial charge in [-0.3, -0.25) is 0 Å². The number of aliphatic hydroxyl groups excluding tert-OH is 1. The van der Waals surface area contributed by atoms with Crippen LogP contribution >= 0.6 is 0 Å². The summed E-state index contributed by atoms with van der Waals surface area (Å²) in [6, 6.07) is 1.96. The van der Waals surface area contributed by atoms with Gasteiger partial charge in [-0.15, -0.1) is 0 Å². The molecule has 0 saturated heterocycles. The summed E-state index contributed by atoms with van der Waals surface area (Å²) in [5, 5.41) is 18.1. The fourth-order valence-corrected chi connectivity index (χ4v) is 2.43. The lowest BCUT2D eigenvalue weighted by Crippen LogP contribution is -2.32. The van der Waals surface area contributed by atoms with Gasteiger partial charge in [-0.2, -0.15) is 5.26 Å². The van der Waals surface area contributed by atoms with Crippen LogP contribution in [-0.4, -0.2) is 11.2 Å². The van der Waals surface area contributed by atoms with E-state index in [9.17, 15) is 5.11 Å². The van der Waals surface area contributed by atoms with Crippen molar-refractivity contribution in [3.63, 3.8) is 0 Å². The molecular weight excluding hydrogens is 198 g/mol. The van der Waals surface area contributed by atoms with Crippen molar-refractivity contribution >= 4 is 0 Å². The van der Waals surface area contributed by atoms with Crippen LogP contribution < -0.4 is 0 Å². The molecular formula is C14H19NO. The lowest BCUT2D eigenvalue weighted by atomic mass is 9.68. The van der Waals surface area contributed by atoms with Crippen molar-refractivity contribution in [3.8, 4) is 6.07 Å². The Morgan fingerprint density at radius 3 is 2.75 bits per heavy atom. The minimum absolute atomic E-state index is 0.0647. The summed E-state index contributed by atoms with van der Waals surface area (Å²) in [5.74, 6) is 0.333. The Labute approximate surface area is 97.6 Å². The van der Waals surface area contributed by atoms with Crippen LogP contribution in [0, 0.1) is 22.7 Å². The van der Waals surface area contributed by atoms with Crippen molar-refractivity contribution in [3.05, 3.63) is 36.0 Å². The Morgan fingerprint density at radius 2 is 2.19 bits per heavy atom. The van der Waals surface area contributed by atoms with Gasteiger partial charge in [0, 0.05) is 12.0 Å². The maximum atomic E-state index is 9.69. The Hall–Kier alpha value is -1.33. The molecule has 1 aliphatic carbocycles. The van der Waals surface area contributed by atoms with Crippen LogP contribution in [0.1, 0.15) is 27.2 Å². The molecule has 1 aliphatic rings. The third-order valence-corrected chi connectivity index (χ3v) is 3.11. The second-order valence-electron chi connectivity index (χ2n) is 5.02. The zero-order chi connectivity index (χ0) is 12.2. The molecule has 0 aromatic heterocycles. The maximum Gasteiger partial charge on any atom is 0.0912 e. The highest BCUT2D eigenvalue weighted by atomic mass is 16.3. The Morgan fingerprint density at radius 1 is 1.50 bits per heavy atom. The number of nitriles is 1. The molecule has 0 aliphatic heterocycles. The third kappa shape index (κ3) is 3.08. The first-order valence-corrected chi connectivity index (χ1v) is 5.56. The summed E-state index contributed by atoms with van der Waals surface area (Å²) in [5.41, 5.74) is 1.26. The summed E-state index contributed by atoms with van der Waals surface area (Å²) in [4.78, 5) is 0. The molecule has 0 amide bonds. The van der Waals surface area contributed by atoms with Crippen molar-refractivity contribution < 1.29 is 5.11 Å². The predicted octanol–water partition coefficient (Wildman–Crippen LogP) is 2.98. The first-order valence-electron chi connectivity index (χ1n) is 5.56. The Balaban J connectivity index is 2.85. The van der Waals surface area contributed by atoms with Crippen LogP contribution in [0.3, 0.4) is 0 Å². The van der Waals surface area contributed by atoms with Gasteiger partial charge in [0.05, 0.1) is 12.2 Å². The number of nitrogens with zero attached hydrogens (tertiary/aromatic N) is 1. The van der Waals surface area contributed by atoms with Crippen LogP contribution in [0.2, 0.25) is 0 Å². The van der Waals surface area contributed by atoms with Crippen LogP contribution in [0.25, 0.3) is 0 Å². The van der Waals surface area contributed by atoms with E-state index in [-0.39, 0.29) is 11.5 Å². The van der Waals surface area contributed by atoms with E-state index in [1.807, 2.05) is 25.1 Å². The standard InChI is InChI=1S/C14H19NO/c1-11-9-12(16)10-14(2,3)13(11)7-5-4-6-8-15/h4-7,9,12-13,16H,10H2,1-3H3/b6-4+,7-5+/t12-,13+/m0/s1. The second kappa shape index (κ2) is 5.14. The zero-order valence-corrected chi connectivity index (χ0v) is 10.1. The van der Waals surface area contributed by atoms with Gasteiger partial charge in [-0.25, -0.2) is 0 Å². The van der Waals surface area contributed by atoms with Crippen LogP contribution in [-0.2, 0) is 0 Å². The van der Waals surface area contributed by atoms with Gasteiger partial charge in [-0.05, 0) is 18.8 Å². The number of rotatable bonds is 2. The number of hydrogen-bond donors (Lipinski definition) is 1. The molecule has 2 nitrogen and oxygen atoms in total. The van der Waals surface area contributed by atoms with Crippen molar-refractivity contribution in [2.45, 2.75) is 33.3 Å². The second-order valence-corrected chi connectivity index (χ2v) is 5.02. The highest BCUT2D eigenvalue weighted by Crippen LogP contribution is 2.41. The van der Waals surface area contributed by atoms with Gasteiger partial charge < -0.3 is 5.11 Å². The average Bonchev–Trinajstić information content (AvgIpc) is 2.14. The molecule has 0 unspecified atom stereocenters. The normalized spacial score (nSPS) is 29.3. The molecule has 0 saturated carbocycles. The number of hydrogen-bond acceptors (Lipinski definition) is 2. The largest absolute Gasteiger partial charge is 0.389 e. The Bertz CT molecular complexity index is 369. The highest BCUT2D eigenvalue weighted by Gasteiger charge is 2.34. The molecule has 0 bridgehead atoms. The van der Waals surface area contributed by atoms with Crippen molar-refractivity contribution in [2.24, 2.45) is 11.3 Å². The van der Waals surface area contributed by atoms with E-state index in [0.29, 0.717) is 5.92 Å². The van der Waals surface area contributed by atoms with Gasteiger partial charge >= 0.3 is 0 Å². The molecule has 0 heterocycles. The molecule has 0 aromatic rings. The highest BCUT2D eigenvalue weighted by molar-refractivity contribution is 5.23. The molecule has 2 heteroatoms. The number of aliphatic hydroxyl groups is 1. The van der Waals surface area contributed by atoms with Gasteiger partial charge in [0.25, 0.3) is 0 Å². The molecule has 0 radical (unpaired) electrons. The minimum Gasteiger partial charge on any atom is -0.389 e. The van der Waals surface area contributed by atoms with Crippen LogP contribution in [0.15, 0.2) is 36.0 Å². The van der Waals surface area contributed by atoms with Crippen LogP contribution in [0.5, 0.6) is 0 Å². The molecule has 1 rings (SSSR count). The molecule has 0 spiro atoms. The SMILES string of the molecule is CC1=C[C@H](O)CC(C)(C)[C@@H]1/C=C/C=C/C#N. The minimum atomic E-state index is -0.325. The summed E-state index contributed by atoms with van der Waals surface area (Å²) >= 11 is 0. The fourth-order valence-electron chi connectivity index (χ4n) is 2.43. The van der Waals surface area contributed by atoms with Gasteiger partial charge in [0.1, 0.15) is 0 Å². The van der Waals surface area contributed by atoms with Gasteiger partial charge in [0.15, 0.2) is 0 Å². The molecule has 0 aromatic carbocycles. The van der Waals surface area contributed by atoms with E-state index in [0.717, 1.165) is 6.42 Å². The van der Waals surface area contributed by atoms with Gasteiger partial charge in [0.2, 0.25) is 0 Å². The topological polar surface area (TPSA) is 44.0 Å². The summed E-state index contributed by atoms with van der Waals surface area (Å²) in [6.45, 7) is 6.37. The van der Waals surface area contributed by atoms with E-state index in [1.54, 1.807) is 6.08 Å². The summed E-state index contributed by atoms with van der Waals surface area (Å²) in [7, 11) is 0. The average molecular weight is 217 g/mol. The van der Waals surface area contributed by atoms with E-state index >= 15 is 0 Å². The summed E-state index contributed by atoms with van der Waals surface area (Å²) in [6.07, 6.45) is 9.59. The first-order chi connectivity index (χ1) is 7.47.